The molecule has 0 spiro atoms. The third kappa shape index (κ3) is 3.50. The van der Waals surface area contributed by atoms with Gasteiger partial charge in [0, 0.05) is 18.3 Å². The van der Waals surface area contributed by atoms with Crippen LogP contribution in [0, 0.1) is 0 Å². The number of hydrogen-bond donors (Lipinski definition) is 1. The maximum absolute atomic E-state index is 5.70. The van der Waals surface area contributed by atoms with Crippen LogP contribution in [0.3, 0.4) is 0 Å². The fourth-order valence-corrected chi connectivity index (χ4v) is 3.67. The molecular weight excluding hydrogens is 240 g/mol. The Morgan fingerprint density at radius 1 is 1.39 bits per heavy atom. The van der Waals surface area contributed by atoms with E-state index in [9.17, 15) is 0 Å². The van der Waals surface area contributed by atoms with Crippen LogP contribution >= 0.6 is 11.8 Å². The molecule has 2 unspecified atom stereocenters. The molecule has 1 aromatic rings. The predicted octanol–water partition coefficient (Wildman–Crippen LogP) is 2.69. The van der Waals surface area contributed by atoms with Gasteiger partial charge in [0.15, 0.2) is 0 Å². The van der Waals surface area contributed by atoms with Gasteiger partial charge in [0.2, 0.25) is 0 Å². The van der Waals surface area contributed by atoms with Gasteiger partial charge in [0.25, 0.3) is 0 Å². The van der Waals surface area contributed by atoms with Gasteiger partial charge in [-0.3, -0.25) is 4.90 Å². The van der Waals surface area contributed by atoms with E-state index in [2.05, 4.69) is 54.9 Å². The molecule has 0 radical (unpaired) electrons. The van der Waals surface area contributed by atoms with Crippen LogP contribution in [-0.4, -0.2) is 36.0 Å². The molecule has 1 aliphatic heterocycles. The summed E-state index contributed by atoms with van der Waals surface area (Å²) in [5.74, 6) is 3.07. The second-order valence-corrected chi connectivity index (χ2v) is 6.46. The Morgan fingerprint density at radius 2 is 2.11 bits per heavy atom. The van der Waals surface area contributed by atoms with E-state index in [0.29, 0.717) is 5.92 Å². The van der Waals surface area contributed by atoms with Crippen molar-refractivity contribution in [3.05, 3.63) is 35.4 Å². The molecule has 2 rings (SSSR count). The molecule has 0 aliphatic carbocycles. The molecule has 0 aromatic heterocycles. The first kappa shape index (κ1) is 13.9. The molecule has 18 heavy (non-hydrogen) atoms. The molecule has 1 fully saturated rings. The second kappa shape index (κ2) is 6.60. The molecular formula is C15H24N2S. The number of nitrogens with zero attached hydrogens (tertiary/aromatic N) is 1. The minimum atomic E-state index is 0.461. The monoisotopic (exact) mass is 264 g/mol. The van der Waals surface area contributed by atoms with Crippen LogP contribution in [-0.2, 0) is 6.54 Å². The zero-order chi connectivity index (χ0) is 13.0. The summed E-state index contributed by atoms with van der Waals surface area (Å²) >= 11 is 2.07. The SMILES string of the molecule is CC(CN)c1ccc(CN(C)C2CCSC2)cc1. The Labute approximate surface area is 115 Å². The lowest BCUT2D eigenvalue weighted by atomic mass is 10.00. The standard InChI is InChI=1S/C15H24N2S/c1-12(9-16)14-5-3-13(4-6-14)10-17(2)15-7-8-18-11-15/h3-6,12,15H,7-11,16H2,1-2H3. The lowest BCUT2D eigenvalue weighted by Crippen LogP contribution is -2.30. The van der Waals surface area contributed by atoms with Gasteiger partial charge in [-0.1, -0.05) is 31.2 Å². The van der Waals surface area contributed by atoms with Gasteiger partial charge >= 0.3 is 0 Å². The van der Waals surface area contributed by atoms with Gasteiger partial charge in [0.1, 0.15) is 0 Å². The molecule has 2 N–H and O–H groups in total. The lowest BCUT2D eigenvalue weighted by Gasteiger charge is -2.23. The first-order valence-corrected chi connectivity index (χ1v) is 7.93. The Hall–Kier alpha value is -0.510. The van der Waals surface area contributed by atoms with Crippen molar-refractivity contribution >= 4 is 11.8 Å². The van der Waals surface area contributed by atoms with E-state index in [0.717, 1.165) is 19.1 Å². The van der Waals surface area contributed by atoms with Crippen LogP contribution in [0.25, 0.3) is 0 Å². The maximum Gasteiger partial charge on any atom is 0.0233 e. The van der Waals surface area contributed by atoms with E-state index >= 15 is 0 Å². The molecule has 0 amide bonds. The number of rotatable bonds is 5. The van der Waals surface area contributed by atoms with Crippen molar-refractivity contribution in [3.63, 3.8) is 0 Å². The first-order valence-electron chi connectivity index (χ1n) is 6.77. The highest BCUT2D eigenvalue weighted by Gasteiger charge is 2.19. The van der Waals surface area contributed by atoms with Crippen LogP contribution in [0.5, 0.6) is 0 Å². The van der Waals surface area contributed by atoms with E-state index < -0.39 is 0 Å². The predicted molar refractivity (Wildman–Crippen MR) is 81.1 cm³/mol. The minimum absolute atomic E-state index is 0.461. The summed E-state index contributed by atoms with van der Waals surface area (Å²) in [6.07, 6.45) is 1.34. The highest BCUT2D eigenvalue weighted by atomic mass is 32.2. The number of benzene rings is 1. The van der Waals surface area contributed by atoms with E-state index in [1.165, 1.54) is 29.1 Å². The highest BCUT2D eigenvalue weighted by molar-refractivity contribution is 7.99. The average Bonchev–Trinajstić information content (AvgIpc) is 2.92. The quantitative estimate of drug-likeness (QED) is 0.886. The zero-order valence-electron chi connectivity index (χ0n) is 11.4. The van der Waals surface area contributed by atoms with Gasteiger partial charge in [-0.05, 0) is 42.8 Å². The summed E-state index contributed by atoms with van der Waals surface area (Å²) in [5, 5.41) is 0. The number of hydrogen-bond acceptors (Lipinski definition) is 3. The van der Waals surface area contributed by atoms with Crippen molar-refractivity contribution in [1.82, 2.24) is 4.90 Å². The van der Waals surface area contributed by atoms with Crippen LogP contribution in [0.15, 0.2) is 24.3 Å². The van der Waals surface area contributed by atoms with Crippen LogP contribution in [0.2, 0.25) is 0 Å². The van der Waals surface area contributed by atoms with Gasteiger partial charge in [-0.15, -0.1) is 0 Å². The molecule has 1 aromatic carbocycles. The topological polar surface area (TPSA) is 29.3 Å². The van der Waals surface area contributed by atoms with Crippen molar-refractivity contribution in [3.8, 4) is 0 Å². The third-order valence-electron chi connectivity index (χ3n) is 3.86. The van der Waals surface area contributed by atoms with Crippen molar-refractivity contribution in [2.45, 2.75) is 31.8 Å². The summed E-state index contributed by atoms with van der Waals surface area (Å²) in [6.45, 7) is 3.96. The number of nitrogens with two attached hydrogens (primary N) is 1. The Morgan fingerprint density at radius 3 is 2.67 bits per heavy atom. The Kier molecular flexibility index (Phi) is 5.10. The molecule has 1 aliphatic rings. The van der Waals surface area contributed by atoms with E-state index in [-0.39, 0.29) is 0 Å². The third-order valence-corrected chi connectivity index (χ3v) is 5.01. The highest BCUT2D eigenvalue weighted by Crippen LogP contribution is 2.23. The molecule has 1 saturated heterocycles. The smallest absolute Gasteiger partial charge is 0.0233 e. The first-order chi connectivity index (χ1) is 8.70. The second-order valence-electron chi connectivity index (χ2n) is 5.31. The van der Waals surface area contributed by atoms with Crippen molar-refractivity contribution in [1.29, 1.82) is 0 Å². The largest absolute Gasteiger partial charge is 0.330 e. The molecule has 0 bridgehead atoms. The van der Waals surface area contributed by atoms with E-state index in [1.54, 1.807) is 0 Å². The normalized spacial score (nSPS) is 21.4. The summed E-state index contributed by atoms with van der Waals surface area (Å²) in [6, 6.07) is 9.71. The molecule has 2 nitrogen and oxygen atoms in total. The molecule has 3 heteroatoms. The lowest BCUT2D eigenvalue weighted by molar-refractivity contribution is 0.254. The van der Waals surface area contributed by atoms with E-state index in [1.807, 2.05) is 0 Å². The molecule has 100 valence electrons. The van der Waals surface area contributed by atoms with Gasteiger partial charge in [0.05, 0.1) is 0 Å². The molecule has 1 heterocycles. The summed E-state index contributed by atoms with van der Waals surface area (Å²) < 4.78 is 0. The molecule has 0 saturated carbocycles. The Balaban J connectivity index is 1.93. The van der Waals surface area contributed by atoms with Gasteiger partial charge < -0.3 is 5.73 Å². The average molecular weight is 264 g/mol. The summed E-state index contributed by atoms with van der Waals surface area (Å²) in [5.41, 5.74) is 8.45. The Bertz CT molecular complexity index is 357. The van der Waals surface area contributed by atoms with Crippen molar-refractivity contribution < 1.29 is 0 Å². The van der Waals surface area contributed by atoms with Crippen LogP contribution in [0.4, 0.5) is 0 Å². The van der Waals surface area contributed by atoms with Crippen molar-refractivity contribution in [2.24, 2.45) is 5.73 Å². The maximum atomic E-state index is 5.70. The summed E-state index contributed by atoms with van der Waals surface area (Å²) in [7, 11) is 2.24. The fourth-order valence-electron chi connectivity index (χ4n) is 2.37. The number of thioether (sulfide) groups is 1. The van der Waals surface area contributed by atoms with E-state index in [4.69, 9.17) is 5.73 Å². The van der Waals surface area contributed by atoms with Crippen LogP contribution < -0.4 is 5.73 Å². The fraction of sp³-hybridized carbons (Fsp3) is 0.600. The van der Waals surface area contributed by atoms with Gasteiger partial charge in [-0.2, -0.15) is 11.8 Å². The minimum Gasteiger partial charge on any atom is -0.330 e. The summed E-state index contributed by atoms with van der Waals surface area (Å²) in [4.78, 5) is 2.49. The van der Waals surface area contributed by atoms with Gasteiger partial charge in [-0.25, -0.2) is 0 Å². The molecule has 2 atom stereocenters. The van der Waals surface area contributed by atoms with Crippen LogP contribution in [0.1, 0.15) is 30.4 Å². The zero-order valence-corrected chi connectivity index (χ0v) is 12.2. The van der Waals surface area contributed by atoms with Crippen molar-refractivity contribution in [2.75, 3.05) is 25.1 Å².